The van der Waals surface area contributed by atoms with E-state index in [4.69, 9.17) is 38.5 Å². The zero-order valence-electron chi connectivity index (χ0n) is 5.54. The molecule has 0 heterocycles. The molecule has 79 valence electrons. The summed E-state index contributed by atoms with van der Waals surface area (Å²) >= 11 is 0. The van der Waals surface area contributed by atoms with E-state index in [9.17, 15) is 0 Å². The van der Waals surface area contributed by atoms with Crippen LogP contribution in [0.3, 0.4) is 0 Å². The molecule has 0 amide bonds. The van der Waals surface area contributed by atoms with E-state index < -0.39 is 15.6 Å². The van der Waals surface area contributed by atoms with Crippen molar-refractivity contribution in [2.24, 2.45) is 0 Å². The van der Waals surface area contributed by atoms with Crippen LogP contribution in [0.25, 0.3) is 0 Å². The molecule has 0 aromatic rings. The fourth-order valence-electron chi connectivity index (χ4n) is 0. The van der Waals surface area contributed by atoms with Crippen molar-refractivity contribution < 1.29 is 55.6 Å². The van der Waals surface area contributed by atoms with E-state index in [-0.39, 0.29) is 23.2 Å². The molecule has 0 aliphatic heterocycles. The zero-order valence-corrected chi connectivity index (χ0v) is 8.51. The van der Waals surface area contributed by atoms with E-state index in [0.717, 1.165) is 0 Å². The largest absolute Gasteiger partial charge is 0.822 e. The molecule has 0 atom stereocenters. The molecule has 0 aliphatic rings. The summed E-state index contributed by atoms with van der Waals surface area (Å²) in [4.78, 5) is 51.3. The van der Waals surface area contributed by atoms with Crippen LogP contribution in [-0.2, 0) is 26.2 Å². The van der Waals surface area contributed by atoms with E-state index in [0.29, 0.717) is 0 Å². The number of hydrogen-bond donors (Lipinski definition) is 1. The third kappa shape index (κ3) is 2060. The average molecular weight is 263 g/mol. The molecule has 0 spiro atoms. The Kier molecular flexibility index (Phi) is 15.9. The molecule has 9 nitrogen and oxygen atoms in total. The summed E-state index contributed by atoms with van der Waals surface area (Å²) in [6, 6.07) is 0. The molecule has 0 aromatic heterocycles. The van der Waals surface area contributed by atoms with E-state index in [1.807, 2.05) is 0 Å². The average Bonchev–Trinajstić information content (AvgIpc) is 1.12. The van der Waals surface area contributed by atoms with Gasteiger partial charge < -0.3 is 44.6 Å². The van der Waals surface area contributed by atoms with Crippen molar-refractivity contribution in [1.82, 2.24) is 6.15 Å². The van der Waals surface area contributed by atoms with E-state index in [1.54, 1.807) is 0 Å². The second-order valence-electron chi connectivity index (χ2n) is 0.894. The van der Waals surface area contributed by atoms with Gasteiger partial charge in [0.05, 0.1) is 0 Å². The first-order valence-electron chi connectivity index (χ1n) is 1.46. The molecule has 4 N–H and O–H groups in total. The molecular weight excluding hydrogens is 259 g/mol. The maximum Gasteiger partial charge on any atom is 0 e. The molecule has 12 heavy (non-hydrogen) atoms. The van der Waals surface area contributed by atoms with Crippen LogP contribution < -0.4 is 35.5 Å². The number of phosphoric acid groups is 2. The summed E-state index contributed by atoms with van der Waals surface area (Å²) in [7, 11) is -10.8. The molecule has 0 unspecified atom stereocenters. The summed E-state index contributed by atoms with van der Waals surface area (Å²) in [5.74, 6) is 0. The Morgan fingerprint density at radius 2 is 0.667 bits per heavy atom. The minimum atomic E-state index is -5.39. The minimum absolute atomic E-state index is 0. The van der Waals surface area contributed by atoms with Crippen LogP contribution >= 0.6 is 15.6 Å². The third-order valence-corrected chi connectivity index (χ3v) is 0. The van der Waals surface area contributed by atoms with Crippen LogP contribution in [0, 0.1) is 0 Å². The quantitative estimate of drug-likeness (QED) is 0.328. The van der Waals surface area contributed by atoms with Gasteiger partial charge in [0.25, 0.3) is 0 Å². The normalized spacial score (nSPS) is 9.83. The predicted molar refractivity (Wildman–Crippen MR) is 21.2 cm³/mol. The minimum Gasteiger partial charge on any atom is -0.822 e. The van der Waals surface area contributed by atoms with Gasteiger partial charge in [-0.25, -0.2) is 0 Å². The molecule has 0 aromatic carbocycles. The summed E-state index contributed by atoms with van der Waals surface area (Å²) in [5, 5.41) is 0. The molecule has 0 saturated heterocycles. The van der Waals surface area contributed by atoms with Gasteiger partial charge in [-0.2, -0.15) is 15.6 Å². The van der Waals surface area contributed by atoms with Gasteiger partial charge in [0.1, 0.15) is 0 Å². The van der Waals surface area contributed by atoms with Crippen LogP contribution in [-0.4, -0.2) is 0 Å². The first-order valence-corrected chi connectivity index (χ1v) is 4.38. The van der Waals surface area contributed by atoms with Crippen LogP contribution in [0.4, 0.5) is 0 Å². The molecule has 0 aliphatic carbocycles. The van der Waals surface area contributed by atoms with Crippen molar-refractivity contribution in [2.45, 2.75) is 0 Å². The van der Waals surface area contributed by atoms with Gasteiger partial charge >= 0.3 is 0 Å². The zero-order chi connectivity index (χ0) is 9.00. The SMILES string of the molecule is O=P([O-])([O-])[O-].O=P([O-])([O-])[O-].[Mn].[NH4+]. The Morgan fingerprint density at radius 3 is 0.667 bits per heavy atom. The van der Waals surface area contributed by atoms with Crippen molar-refractivity contribution in [1.29, 1.82) is 0 Å². The second kappa shape index (κ2) is 8.30. The number of quaternary nitrogens is 1. The second-order valence-corrected chi connectivity index (χ2v) is 2.68. The van der Waals surface area contributed by atoms with Crippen LogP contribution in [0.2, 0.25) is 0 Å². The molecular formula is H4MnNO8P2-5. The Morgan fingerprint density at radius 1 is 0.667 bits per heavy atom. The monoisotopic (exact) mass is 263 g/mol. The van der Waals surface area contributed by atoms with Gasteiger partial charge in [0, 0.05) is 17.1 Å². The van der Waals surface area contributed by atoms with Gasteiger partial charge in [0.2, 0.25) is 0 Å². The van der Waals surface area contributed by atoms with Gasteiger partial charge in [-0.15, -0.1) is 0 Å². The number of hydrogen-bond acceptors (Lipinski definition) is 8. The maximum atomic E-state index is 8.55. The maximum absolute atomic E-state index is 8.55. The standard InChI is InChI=1S/Mn.H3N.2H3O4P/c;;2*1-5(2,3)4/h;1H3;2*(H3,1,2,3,4)/p-5. The van der Waals surface area contributed by atoms with Crippen LogP contribution in [0.15, 0.2) is 0 Å². The molecule has 0 rings (SSSR count). The summed E-state index contributed by atoms with van der Waals surface area (Å²) in [6.45, 7) is 0. The van der Waals surface area contributed by atoms with Crippen molar-refractivity contribution in [2.75, 3.05) is 0 Å². The smallest absolute Gasteiger partial charge is 0 e. The Bertz CT molecular complexity index is 129. The molecule has 0 fully saturated rings. The fraction of sp³-hybridized carbons (Fsp3) is 0. The van der Waals surface area contributed by atoms with Gasteiger partial charge in [0.15, 0.2) is 0 Å². The van der Waals surface area contributed by atoms with E-state index in [1.165, 1.54) is 0 Å². The Balaban J connectivity index is -0.0000000457. The van der Waals surface area contributed by atoms with E-state index in [2.05, 4.69) is 0 Å². The topological polar surface area (TPSA) is 209 Å². The van der Waals surface area contributed by atoms with Gasteiger partial charge in [-0.3, -0.25) is 0 Å². The van der Waals surface area contributed by atoms with Crippen molar-refractivity contribution >= 4 is 15.6 Å². The summed E-state index contributed by atoms with van der Waals surface area (Å²) in [6.07, 6.45) is 0. The first kappa shape index (κ1) is 23.0. The van der Waals surface area contributed by atoms with E-state index >= 15 is 0 Å². The predicted octanol–water partition coefficient (Wildman–Crippen LogP) is -5.28. The fourth-order valence-corrected chi connectivity index (χ4v) is 0. The summed E-state index contributed by atoms with van der Waals surface area (Å²) in [5.41, 5.74) is 0. The van der Waals surface area contributed by atoms with Crippen molar-refractivity contribution in [3.8, 4) is 0 Å². The Labute approximate surface area is 78.0 Å². The van der Waals surface area contributed by atoms with Crippen molar-refractivity contribution in [3.63, 3.8) is 0 Å². The number of rotatable bonds is 0. The van der Waals surface area contributed by atoms with Crippen LogP contribution in [0.1, 0.15) is 0 Å². The van der Waals surface area contributed by atoms with Crippen molar-refractivity contribution in [3.05, 3.63) is 0 Å². The molecule has 0 saturated carbocycles. The summed E-state index contributed by atoms with van der Waals surface area (Å²) < 4.78 is 17.1. The molecule has 1 radical (unpaired) electrons. The third-order valence-electron chi connectivity index (χ3n) is 0. The molecule has 0 bridgehead atoms. The molecule has 12 heteroatoms. The first-order chi connectivity index (χ1) is 4.00. The Hall–Kier alpha value is 0.699. The van der Waals surface area contributed by atoms with Gasteiger partial charge in [-0.05, 0) is 0 Å². The van der Waals surface area contributed by atoms with Gasteiger partial charge in [-0.1, -0.05) is 0 Å². The van der Waals surface area contributed by atoms with Crippen LogP contribution in [0.5, 0.6) is 0 Å².